The van der Waals surface area contributed by atoms with Crippen molar-refractivity contribution in [3.63, 3.8) is 0 Å². The van der Waals surface area contributed by atoms with Crippen LogP contribution >= 0.6 is 0 Å². The number of nitrogens with zero attached hydrogens (tertiary/aromatic N) is 2. The Bertz CT molecular complexity index is 1720. The number of hydrogen-bond donors (Lipinski definition) is 2. The number of benzene rings is 3. The van der Waals surface area contributed by atoms with Crippen molar-refractivity contribution in [2.24, 2.45) is 0 Å². The van der Waals surface area contributed by atoms with Gasteiger partial charge in [0.2, 0.25) is 0 Å². The molecule has 8 nitrogen and oxygen atoms in total. The average molecular weight is 531 g/mol. The van der Waals surface area contributed by atoms with Crippen LogP contribution < -0.4 is 15.6 Å². The molecule has 3 amide bonds. The van der Waals surface area contributed by atoms with E-state index in [-0.39, 0.29) is 23.4 Å². The number of aryl methyl sites for hydroxylation is 2. The summed E-state index contributed by atoms with van der Waals surface area (Å²) in [6.45, 7) is 3.55. The van der Waals surface area contributed by atoms with Crippen LogP contribution in [0.2, 0.25) is 0 Å². The van der Waals surface area contributed by atoms with Crippen LogP contribution in [-0.2, 0) is 11.3 Å². The van der Waals surface area contributed by atoms with Crippen LogP contribution in [0.4, 0.5) is 13.6 Å². The Kier molecular flexibility index (Phi) is 6.61. The fourth-order valence-corrected chi connectivity index (χ4v) is 4.55. The van der Waals surface area contributed by atoms with Gasteiger partial charge in [-0.05, 0) is 61.4 Å². The van der Waals surface area contributed by atoms with Crippen molar-refractivity contribution < 1.29 is 23.1 Å². The smallest absolute Gasteiger partial charge is 0.329 e. The van der Waals surface area contributed by atoms with Crippen LogP contribution in [0.15, 0.2) is 71.2 Å². The summed E-state index contributed by atoms with van der Waals surface area (Å²) in [7, 11) is 1.51. The summed E-state index contributed by atoms with van der Waals surface area (Å²) < 4.78 is 33.9. The molecular weight excluding hydrogens is 506 g/mol. The Morgan fingerprint density at radius 1 is 0.949 bits per heavy atom. The molecule has 0 aliphatic carbocycles. The van der Waals surface area contributed by atoms with Gasteiger partial charge < -0.3 is 10.1 Å². The molecule has 0 radical (unpaired) electrons. The highest BCUT2D eigenvalue weighted by Gasteiger charge is 2.34. The van der Waals surface area contributed by atoms with E-state index in [0.29, 0.717) is 22.7 Å². The first-order valence-electron chi connectivity index (χ1n) is 12.0. The Morgan fingerprint density at radius 3 is 2.44 bits per heavy atom. The summed E-state index contributed by atoms with van der Waals surface area (Å²) >= 11 is 0. The Morgan fingerprint density at radius 2 is 1.72 bits per heavy atom. The van der Waals surface area contributed by atoms with Crippen LogP contribution in [-0.4, -0.2) is 33.7 Å². The first-order valence-corrected chi connectivity index (χ1v) is 12.0. The zero-order valence-corrected chi connectivity index (χ0v) is 21.3. The van der Waals surface area contributed by atoms with Gasteiger partial charge in [0.05, 0.1) is 30.6 Å². The van der Waals surface area contributed by atoms with E-state index < -0.39 is 29.1 Å². The zero-order chi connectivity index (χ0) is 27.8. The molecule has 198 valence electrons. The van der Waals surface area contributed by atoms with Crippen LogP contribution in [0.3, 0.4) is 0 Å². The lowest BCUT2D eigenvalue weighted by Gasteiger charge is -2.11. The molecule has 1 aromatic heterocycles. The monoisotopic (exact) mass is 530 g/mol. The molecule has 1 aliphatic rings. The Hall–Kier alpha value is -4.99. The highest BCUT2D eigenvalue weighted by molar-refractivity contribution is 6.14. The number of para-hydroxylation sites is 1. The fraction of sp³-hybridized carbons (Fsp3) is 0.138. The maximum absolute atomic E-state index is 13.7. The molecule has 0 atom stereocenters. The predicted octanol–water partition coefficient (Wildman–Crippen LogP) is 4.83. The normalized spacial score (nSPS) is 14.3. The first-order chi connectivity index (χ1) is 18.7. The number of amides is 3. The quantitative estimate of drug-likeness (QED) is 0.276. The number of aromatic nitrogens is 2. The van der Waals surface area contributed by atoms with Crippen molar-refractivity contribution in [1.82, 2.24) is 20.0 Å². The van der Waals surface area contributed by atoms with Crippen molar-refractivity contribution in [1.29, 1.82) is 0 Å². The van der Waals surface area contributed by atoms with E-state index >= 15 is 0 Å². The average Bonchev–Trinajstić information content (AvgIpc) is 3.37. The standard InChI is InChI=1S/C29H24F2N4O4/c1-16-8-11-24(17(2)12-16)35-27(36)20(26(33-35)19-6-4-5-7-25(19)39-3)14-23-28(37)34(29(38)32-23)15-18-9-10-21(30)22(31)13-18/h4-14,33H,15H2,1-3H3,(H,32,38)/b23-14-. The lowest BCUT2D eigenvalue weighted by Crippen LogP contribution is -2.30. The second-order valence-electron chi connectivity index (χ2n) is 9.16. The molecular formula is C29H24F2N4O4. The van der Waals surface area contributed by atoms with Gasteiger partial charge in [-0.2, -0.15) is 0 Å². The molecule has 4 aromatic rings. The number of nitrogens with one attached hydrogen (secondary N) is 2. The van der Waals surface area contributed by atoms with Gasteiger partial charge in [0.15, 0.2) is 11.6 Å². The molecule has 3 aromatic carbocycles. The maximum Gasteiger partial charge on any atom is 0.329 e. The second kappa shape index (κ2) is 10.1. The third-order valence-electron chi connectivity index (χ3n) is 6.47. The van der Waals surface area contributed by atoms with E-state index in [2.05, 4.69) is 10.4 Å². The van der Waals surface area contributed by atoms with Crippen molar-refractivity contribution in [3.8, 4) is 22.7 Å². The summed E-state index contributed by atoms with van der Waals surface area (Å²) in [4.78, 5) is 40.5. The minimum atomic E-state index is -1.09. The molecule has 0 saturated carbocycles. The van der Waals surface area contributed by atoms with Gasteiger partial charge in [-0.1, -0.05) is 35.9 Å². The van der Waals surface area contributed by atoms with Gasteiger partial charge in [0, 0.05) is 5.56 Å². The van der Waals surface area contributed by atoms with Crippen LogP contribution in [0.25, 0.3) is 23.0 Å². The van der Waals surface area contributed by atoms with Gasteiger partial charge >= 0.3 is 6.03 Å². The summed E-state index contributed by atoms with van der Waals surface area (Å²) in [5.41, 5.74) is 3.22. The summed E-state index contributed by atoms with van der Waals surface area (Å²) in [5, 5.41) is 5.63. The number of hydrogen-bond acceptors (Lipinski definition) is 4. The number of methoxy groups -OCH3 is 1. The summed E-state index contributed by atoms with van der Waals surface area (Å²) in [5.74, 6) is -2.34. The minimum absolute atomic E-state index is 0.123. The third-order valence-corrected chi connectivity index (χ3v) is 6.47. The van der Waals surface area contributed by atoms with E-state index in [4.69, 9.17) is 4.74 Å². The SMILES string of the molecule is COc1ccccc1-c1[nH]n(-c2ccc(C)cc2C)c(=O)c1/C=C1\NC(=O)N(Cc2ccc(F)c(F)c2)C1=O. The zero-order valence-electron chi connectivity index (χ0n) is 21.3. The Balaban J connectivity index is 1.61. The van der Waals surface area contributed by atoms with Crippen LogP contribution in [0, 0.1) is 25.5 Å². The van der Waals surface area contributed by atoms with Gasteiger partial charge in [-0.3, -0.25) is 19.6 Å². The summed E-state index contributed by atoms with van der Waals surface area (Å²) in [6, 6.07) is 15.1. The van der Waals surface area contributed by atoms with E-state index in [1.165, 1.54) is 23.9 Å². The molecule has 2 heterocycles. The van der Waals surface area contributed by atoms with Crippen molar-refractivity contribution in [2.75, 3.05) is 7.11 Å². The van der Waals surface area contributed by atoms with E-state index in [0.717, 1.165) is 28.2 Å². The molecule has 1 fully saturated rings. The van der Waals surface area contributed by atoms with Crippen LogP contribution in [0.5, 0.6) is 5.75 Å². The Labute approximate surface area is 222 Å². The van der Waals surface area contributed by atoms with Crippen molar-refractivity contribution in [2.45, 2.75) is 20.4 Å². The van der Waals surface area contributed by atoms with Gasteiger partial charge in [-0.15, -0.1) is 0 Å². The number of carbonyl (C=O) groups is 2. The van der Waals surface area contributed by atoms with Crippen LogP contribution in [0.1, 0.15) is 22.3 Å². The number of rotatable bonds is 6. The highest BCUT2D eigenvalue weighted by Crippen LogP contribution is 2.32. The maximum atomic E-state index is 13.7. The molecule has 0 bridgehead atoms. The van der Waals surface area contributed by atoms with Crippen molar-refractivity contribution >= 4 is 18.0 Å². The minimum Gasteiger partial charge on any atom is -0.496 e. The molecule has 2 N–H and O–H groups in total. The molecule has 39 heavy (non-hydrogen) atoms. The molecule has 1 saturated heterocycles. The number of imide groups is 1. The number of halogens is 2. The number of carbonyl (C=O) groups excluding carboxylic acids is 2. The van der Waals surface area contributed by atoms with Crippen molar-refractivity contribution in [3.05, 3.63) is 111 Å². The van der Waals surface area contributed by atoms with E-state index in [9.17, 15) is 23.2 Å². The molecule has 10 heteroatoms. The van der Waals surface area contributed by atoms with Gasteiger partial charge in [0.1, 0.15) is 11.4 Å². The largest absolute Gasteiger partial charge is 0.496 e. The number of ether oxygens (including phenoxy) is 1. The first kappa shape index (κ1) is 25.7. The van der Waals surface area contributed by atoms with E-state index in [1.54, 1.807) is 24.3 Å². The highest BCUT2D eigenvalue weighted by atomic mass is 19.2. The lowest BCUT2D eigenvalue weighted by atomic mass is 10.1. The topological polar surface area (TPSA) is 96.4 Å². The van der Waals surface area contributed by atoms with E-state index in [1.807, 2.05) is 32.0 Å². The molecule has 1 aliphatic heterocycles. The number of aromatic amines is 1. The predicted molar refractivity (Wildman–Crippen MR) is 141 cm³/mol. The lowest BCUT2D eigenvalue weighted by molar-refractivity contribution is -0.123. The molecule has 5 rings (SSSR count). The number of H-pyrrole nitrogens is 1. The third kappa shape index (κ3) is 4.72. The second-order valence-corrected chi connectivity index (χ2v) is 9.16. The van der Waals surface area contributed by atoms with Gasteiger partial charge in [0.25, 0.3) is 11.5 Å². The van der Waals surface area contributed by atoms with Gasteiger partial charge in [-0.25, -0.2) is 18.3 Å². The fourth-order valence-electron chi connectivity index (χ4n) is 4.55. The molecule has 0 unspecified atom stereocenters. The summed E-state index contributed by atoms with van der Waals surface area (Å²) in [6.07, 6.45) is 1.31. The number of urea groups is 1. The molecule has 0 spiro atoms.